The summed E-state index contributed by atoms with van der Waals surface area (Å²) in [7, 11) is 3.25. The van der Waals surface area contributed by atoms with Gasteiger partial charge in [-0.1, -0.05) is 68.1 Å². The van der Waals surface area contributed by atoms with Crippen molar-refractivity contribution in [3.63, 3.8) is 0 Å². The van der Waals surface area contributed by atoms with E-state index in [1.165, 1.54) is 11.1 Å². The van der Waals surface area contributed by atoms with E-state index >= 15 is 0 Å². The Hall–Kier alpha value is -5.50. The number of carbonyl (C=O) groups is 2. The van der Waals surface area contributed by atoms with Gasteiger partial charge in [0.1, 0.15) is 11.5 Å². The number of fused-ring (bicyclic) bond motifs is 2. The predicted octanol–water partition coefficient (Wildman–Crippen LogP) is 9.18. The average molecular weight is 713 g/mol. The first-order valence-corrected chi connectivity index (χ1v) is 18.5. The van der Waals surface area contributed by atoms with Crippen LogP contribution < -0.4 is 9.47 Å². The fourth-order valence-electron chi connectivity index (χ4n) is 7.83. The maximum atomic E-state index is 13.0. The second-order valence-corrected chi connectivity index (χ2v) is 14.1. The quantitative estimate of drug-likeness (QED) is 0.165. The van der Waals surface area contributed by atoms with E-state index in [1.807, 2.05) is 58.6 Å². The number of methoxy groups -OCH3 is 2. The lowest BCUT2D eigenvalue weighted by Gasteiger charge is -2.32. The topological polar surface area (TPSA) is 90.7 Å². The highest BCUT2D eigenvalue weighted by atomic mass is 16.5. The smallest absolute Gasteiger partial charge is 0.257 e. The summed E-state index contributed by atoms with van der Waals surface area (Å²) < 4.78 is 11.0. The molecule has 8 heteroatoms. The number of rotatable bonds is 8. The van der Waals surface area contributed by atoms with Crippen molar-refractivity contribution in [1.29, 1.82) is 0 Å². The number of likely N-dealkylation sites (tertiary alicyclic amines) is 2. The molecule has 6 aromatic rings. The maximum Gasteiger partial charge on any atom is 0.257 e. The molecule has 8 rings (SSSR count). The summed E-state index contributed by atoms with van der Waals surface area (Å²) in [6, 6.07) is 32.8. The number of nitrogens with zero attached hydrogens (tertiary/aromatic N) is 2. The number of amides is 2. The molecule has 53 heavy (non-hydrogen) atoms. The minimum Gasteiger partial charge on any atom is -0.496 e. The molecule has 2 aliphatic heterocycles. The van der Waals surface area contributed by atoms with Gasteiger partial charge in [0, 0.05) is 66.4 Å². The highest BCUT2D eigenvalue weighted by Gasteiger charge is 2.28. The van der Waals surface area contributed by atoms with E-state index in [0.29, 0.717) is 34.5 Å². The zero-order chi connectivity index (χ0) is 35.9. The lowest BCUT2D eigenvalue weighted by molar-refractivity contribution is 0.0679. The van der Waals surface area contributed by atoms with Gasteiger partial charge in [-0.25, -0.2) is 0 Å². The van der Waals surface area contributed by atoms with Gasteiger partial charge in [0.05, 0.1) is 25.3 Å². The first-order valence-electron chi connectivity index (χ1n) is 18.5. The van der Waals surface area contributed by atoms with E-state index in [-0.39, 0.29) is 19.2 Å². The zero-order valence-corrected chi connectivity index (χ0v) is 30.1. The molecule has 2 saturated heterocycles. The van der Waals surface area contributed by atoms with Gasteiger partial charge in [-0.3, -0.25) is 9.59 Å². The van der Waals surface area contributed by atoms with Crippen LogP contribution in [0.3, 0.4) is 0 Å². The molecule has 0 aliphatic carbocycles. The molecule has 0 radical (unpaired) electrons. The van der Waals surface area contributed by atoms with Crippen molar-refractivity contribution in [2.45, 2.75) is 46.0 Å². The Morgan fingerprint density at radius 2 is 1.15 bits per heavy atom. The third-order valence-electron chi connectivity index (χ3n) is 10.8. The van der Waals surface area contributed by atoms with Gasteiger partial charge in [-0.05, 0) is 91.8 Å². The van der Waals surface area contributed by atoms with Crippen molar-refractivity contribution >= 4 is 33.6 Å². The minimum absolute atomic E-state index is 0. The van der Waals surface area contributed by atoms with E-state index in [4.69, 9.17) is 9.47 Å². The van der Waals surface area contributed by atoms with Gasteiger partial charge >= 0.3 is 0 Å². The second-order valence-electron chi connectivity index (χ2n) is 14.1. The van der Waals surface area contributed by atoms with Crippen LogP contribution in [0.1, 0.15) is 65.0 Å². The Bertz CT molecular complexity index is 2020. The average Bonchev–Trinajstić information content (AvgIpc) is 3.88. The first kappa shape index (κ1) is 37.3. The Kier molecular flexibility index (Phi) is 12.2. The van der Waals surface area contributed by atoms with Crippen LogP contribution in [0.15, 0.2) is 109 Å². The Balaban J connectivity index is 0.000000178. The number of nitrogens with one attached hydrogen (secondary N) is 2. The zero-order valence-electron chi connectivity index (χ0n) is 30.1. The van der Waals surface area contributed by atoms with Crippen molar-refractivity contribution in [3.05, 3.63) is 132 Å². The Morgan fingerprint density at radius 1 is 0.623 bits per heavy atom. The predicted molar refractivity (Wildman–Crippen MR) is 214 cm³/mol. The third-order valence-corrected chi connectivity index (χ3v) is 10.8. The van der Waals surface area contributed by atoms with E-state index in [0.717, 1.165) is 86.5 Å². The molecule has 0 atom stereocenters. The molecule has 2 N–H and O–H groups in total. The molecule has 0 unspecified atom stereocenters. The second kappa shape index (κ2) is 17.3. The summed E-state index contributed by atoms with van der Waals surface area (Å²) in [5.74, 6) is 2.74. The molecule has 0 spiro atoms. The number of hydrogen-bond acceptors (Lipinski definition) is 4. The summed E-state index contributed by atoms with van der Waals surface area (Å²) >= 11 is 0. The fraction of sp³-hybridized carbons (Fsp3) is 0.333. The molecule has 4 aromatic carbocycles. The summed E-state index contributed by atoms with van der Waals surface area (Å²) in [5, 5.41) is 1.99. The van der Waals surface area contributed by atoms with Crippen LogP contribution in [-0.2, 0) is 12.8 Å². The van der Waals surface area contributed by atoms with Crippen molar-refractivity contribution in [1.82, 2.24) is 19.8 Å². The molecule has 0 bridgehead atoms. The van der Waals surface area contributed by atoms with Crippen LogP contribution >= 0.6 is 0 Å². The van der Waals surface area contributed by atoms with E-state index < -0.39 is 0 Å². The Labute approximate surface area is 313 Å². The summed E-state index contributed by atoms with van der Waals surface area (Å²) in [4.78, 5) is 36.4. The van der Waals surface area contributed by atoms with E-state index in [1.54, 1.807) is 14.2 Å². The van der Waals surface area contributed by atoms with Gasteiger partial charge in [0.25, 0.3) is 11.8 Å². The number of hydrogen-bond donors (Lipinski definition) is 2. The molecular weight excluding hydrogens is 661 g/mol. The molecule has 0 saturated carbocycles. The van der Waals surface area contributed by atoms with Crippen LogP contribution in [0.4, 0.5) is 0 Å². The monoisotopic (exact) mass is 712 g/mol. The number of piperidine rings is 2. The van der Waals surface area contributed by atoms with Crippen molar-refractivity contribution in [2.75, 3.05) is 40.4 Å². The van der Waals surface area contributed by atoms with Crippen LogP contribution in [-0.4, -0.2) is 72.0 Å². The van der Waals surface area contributed by atoms with Crippen LogP contribution in [0.25, 0.3) is 21.8 Å². The number of H-pyrrole nitrogens is 2. The van der Waals surface area contributed by atoms with Crippen LogP contribution in [0, 0.1) is 11.8 Å². The molecule has 2 fully saturated rings. The summed E-state index contributed by atoms with van der Waals surface area (Å²) in [6.45, 7) is 3.24. The Morgan fingerprint density at radius 3 is 1.70 bits per heavy atom. The van der Waals surface area contributed by atoms with Crippen molar-refractivity contribution < 1.29 is 19.1 Å². The normalized spacial score (nSPS) is 15.1. The molecule has 2 aromatic heterocycles. The lowest BCUT2D eigenvalue weighted by Crippen LogP contribution is -2.39. The van der Waals surface area contributed by atoms with Crippen LogP contribution in [0.5, 0.6) is 11.5 Å². The van der Waals surface area contributed by atoms with Crippen LogP contribution in [0.2, 0.25) is 0 Å². The van der Waals surface area contributed by atoms with Gasteiger partial charge in [-0.15, -0.1) is 0 Å². The largest absolute Gasteiger partial charge is 0.496 e. The SMILES string of the molecule is C.COc1c(C(=O)N2CCC(Cc3ccccc3)CC2)ccc2[nH]ccc12.COc1cc2[nH]ccc2cc1C(=O)N1CCC(Cc2ccccc2)CC1. The molecule has 2 amide bonds. The molecule has 8 nitrogen and oxygen atoms in total. The van der Waals surface area contributed by atoms with E-state index in [9.17, 15) is 9.59 Å². The van der Waals surface area contributed by atoms with Gasteiger partial charge in [0.15, 0.2) is 0 Å². The lowest BCUT2D eigenvalue weighted by atomic mass is 9.90. The van der Waals surface area contributed by atoms with Gasteiger partial charge in [-0.2, -0.15) is 0 Å². The molecule has 4 heterocycles. The highest BCUT2D eigenvalue weighted by Crippen LogP contribution is 2.32. The van der Waals surface area contributed by atoms with Gasteiger partial charge < -0.3 is 29.2 Å². The molecule has 2 aliphatic rings. The fourth-order valence-corrected chi connectivity index (χ4v) is 7.83. The number of benzene rings is 4. The summed E-state index contributed by atoms with van der Waals surface area (Å²) in [6.07, 6.45) is 10.2. The maximum absolute atomic E-state index is 13.0. The number of aromatic nitrogens is 2. The number of aromatic amines is 2. The molecule has 276 valence electrons. The van der Waals surface area contributed by atoms with E-state index in [2.05, 4.69) is 70.6 Å². The standard InChI is InChI=1S/2C22H24N2O2.CH4/c1-26-21-15-20-18(7-10-23-20)14-19(21)22(25)24-11-8-17(9-12-24)13-16-5-3-2-4-6-16;1-26-21-18-9-12-23-20(18)8-7-19(21)22(25)24-13-10-17(11-14-24)15-16-5-3-2-4-6-16;/h2-7,10,14-15,17,23H,8-9,11-13H2,1H3;2-9,12,17,23H,10-11,13-15H2,1H3;1H4. The van der Waals surface area contributed by atoms with Crippen molar-refractivity contribution in [3.8, 4) is 11.5 Å². The number of ether oxygens (including phenoxy) is 2. The van der Waals surface area contributed by atoms with Crippen molar-refractivity contribution in [2.24, 2.45) is 11.8 Å². The first-order chi connectivity index (χ1) is 25.5. The highest BCUT2D eigenvalue weighted by molar-refractivity contribution is 6.03. The number of carbonyl (C=O) groups excluding carboxylic acids is 2. The third kappa shape index (κ3) is 8.60. The minimum atomic E-state index is 0. The molecular formula is C45H52N4O4. The van der Waals surface area contributed by atoms with Gasteiger partial charge in [0.2, 0.25) is 0 Å². The summed E-state index contributed by atoms with van der Waals surface area (Å²) in [5.41, 5.74) is 6.05.